The van der Waals surface area contributed by atoms with Crippen LogP contribution in [0.1, 0.15) is 31.4 Å². The molecule has 1 aliphatic heterocycles. The highest BCUT2D eigenvalue weighted by molar-refractivity contribution is 7.89. The van der Waals surface area contributed by atoms with Crippen LogP contribution in [0.25, 0.3) is 0 Å². The van der Waals surface area contributed by atoms with E-state index in [-0.39, 0.29) is 17.9 Å². The third kappa shape index (κ3) is 4.23. The third-order valence-corrected chi connectivity index (χ3v) is 6.53. The van der Waals surface area contributed by atoms with Gasteiger partial charge in [-0.05, 0) is 32.1 Å². The van der Waals surface area contributed by atoms with Crippen molar-refractivity contribution in [3.63, 3.8) is 0 Å². The average Bonchev–Trinajstić information content (AvgIpc) is 2.93. The zero-order valence-electron chi connectivity index (χ0n) is 14.3. The summed E-state index contributed by atoms with van der Waals surface area (Å²) in [5.74, 6) is 1.41. The smallest absolute Gasteiger partial charge is 0.211 e. The number of sulfonamides is 1. The Labute approximate surface area is 143 Å². The number of hydrogen-bond donors (Lipinski definition) is 1. The van der Waals surface area contributed by atoms with E-state index >= 15 is 0 Å². The molecule has 1 aromatic rings. The predicted octanol–water partition coefficient (Wildman–Crippen LogP) is 1.10. The lowest BCUT2D eigenvalue weighted by molar-refractivity contribution is 0.118. The Morgan fingerprint density at radius 1 is 1.38 bits per heavy atom. The van der Waals surface area contributed by atoms with Gasteiger partial charge in [-0.15, -0.1) is 0 Å². The number of nitrogens with one attached hydrogen (secondary N) is 1. The van der Waals surface area contributed by atoms with Gasteiger partial charge in [0, 0.05) is 38.0 Å². The Hall–Kier alpha value is -1.25. The van der Waals surface area contributed by atoms with Gasteiger partial charge in [0.1, 0.15) is 12.1 Å². The van der Waals surface area contributed by atoms with Gasteiger partial charge in [-0.2, -0.15) is 0 Å². The van der Waals surface area contributed by atoms with E-state index in [2.05, 4.69) is 19.6 Å². The number of aromatic nitrogens is 2. The van der Waals surface area contributed by atoms with Crippen molar-refractivity contribution in [2.45, 2.75) is 44.8 Å². The number of hydrogen-bond acceptors (Lipinski definition) is 6. The van der Waals surface area contributed by atoms with Gasteiger partial charge in [-0.1, -0.05) is 6.42 Å². The monoisotopic (exact) mass is 354 g/mol. The van der Waals surface area contributed by atoms with Crippen molar-refractivity contribution in [2.75, 3.05) is 30.9 Å². The summed E-state index contributed by atoms with van der Waals surface area (Å²) in [6.45, 7) is 3.02. The van der Waals surface area contributed by atoms with E-state index in [4.69, 9.17) is 4.74 Å². The zero-order valence-corrected chi connectivity index (χ0v) is 15.1. The number of rotatable bonds is 7. The average molecular weight is 354 g/mol. The first-order valence-electron chi connectivity index (χ1n) is 8.52. The highest BCUT2D eigenvalue weighted by atomic mass is 32.2. The summed E-state index contributed by atoms with van der Waals surface area (Å²) in [5.41, 5.74) is 0.894. The van der Waals surface area contributed by atoms with Crippen LogP contribution in [0.3, 0.4) is 0 Å². The molecule has 8 heteroatoms. The first-order valence-corrected chi connectivity index (χ1v) is 10.2. The summed E-state index contributed by atoms with van der Waals surface area (Å²) in [7, 11) is -1.53. The molecule has 0 aromatic carbocycles. The minimum absolute atomic E-state index is 0.0421. The van der Waals surface area contributed by atoms with Crippen molar-refractivity contribution in [1.82, 2.24) is 14.7 Å². The molecule has 1 aromatic heterocycles. The van der Waals surface area contributed by atoms with Gasteiger partial charge in [0.15, 0.2) is 0 Å². The van der Waals surface area contributed by atoms with Crippen LogP contribution < -0.4 is 9.62 Å². The molecule has 0 spiro atoms. The van der Waals surface area contributed by atoms with Crippen molar-refractivity contribution in [1.29, 1.82) is 0 Å². The standard InChI is InChI=1S/C16H26N4O3S/c1-12-6-16(18-11-17-12)20-9-15(23-2)7-14(20)8-19-24(21,22)10-13-4-3-5-13/h6,11,13-15,19H,3-5,7-10H2,1-2H3/t14-,15-/m0/s1. The van der Waals surface area contributed by atoms with E-state index in [0.29, 0.717) is 19.0 Å². The Morgan fingerprint density at radius 2 is 2.17 bits per heavy atom. The molecule has 1 aliphatic carbocycles. The molecule has 1 saturated heterocycles. The van der Waals surface area contributed by atoms with Crippen molar-refractivity contribution >= 4 is 15.8 Å². The van der Waals surface area contributed by atoms with Crippen molar-refractivity contribution in [2.24, 2.45) is 5.92 Å². The summed E-state index contributed by atoms with van der Waals surface area (Å²) in [6, 6.07) is 1.97. The first kappa shape index (κ1) is 17.6. The molecule has 7 nitrogen and oxygen atoms in total. The molecule has 2 aliphatic rings. The lowest BCUT2D eigenvalue weighted by atomic mass is 9.87. The van der Waals surface area contributed by atoms with Gasteiger partial charge in [-0.25, -0.2) is 23.1 Å². The summed E-state index contributed by atoms with van der Waals surface area (Å²) in [4.78, 5) is 10.6. The van der Waals surface area contributed by atoms with Crippen LogP contribution in [0, 0.1) is 12.8 Å². The molecule has 2 fully saturated rings. The SMILES string of the molecule is CO[C@H]1C[C@@H](CNS(=O)(=O)CC2CCC2)N(c2cc(C)ncn2)C1. The Bertz CT molecular complexity index is 663. The lowest BCUT2D eigenvalue weighted by Crippen LogP contribution is -2.42. The molecule has 134 valence electrons. The predicted molar refractivity (Wildman–Crippen MR) is 92.4 cm³/mol. The van der Waals surface area contributed by atoms with Crippen LogP contribution in [-0.4, -0.2) is 56.5 Å². The number of anilines is 1. The van der Waals surface area contributed by atoms with E-state index in [1.807, 2.05) is 13.0 Å². The van der Waals surface area contributed by atoms with Crippen molar-refractivity contribution in [3.05, 3.63) is 18.1 Å². The van der Waals surface area contributed by atoms with Crippen molar-refractivity contribution < 1.29 is 13.2 Å². The third-order valence-electron chi connectivity index (χ3n) is 5.01. The van der Waals surface area contributed by atoms with E-state index in [9.17, 15) is 8.42 Å². The molecule has 0 bridgehead atoms. The fourth-order valence-corrected chi connectivity index (χ4v) is 4.89. The van der Waals surface area contributed by atoms with Gasteiger partial charge in [0.2, 0.25) is 10.0 Å². The molecule has 2 heterocycles. The van der Waals surface area contributed by atoms with Crippen LogP contribution in [0.5, 0.6) is 0 Å². The number of ether oxygens (including phenoxy) is 1. The maximum Gasteiger partial charge on any atom is 0.211 e. The molecule has 3 rings (SSSR count). The van der Waals surface area contributed by atoms with Gasteiger partial charge in [0.25, 0.3) is 0 Å². The van der Waals surface area contributed by atoms with E-state index < -0.39 is 10.0 Å². The van der Waals surface area contributed by atoms with Gasteiger partial charge < -0.3 is 9.64 Å². The van der Waals surface area contributed by atoms with E-state index in [1.54, 1.807) is 13.4 Å². The van der Waals surface area contributed by atoms with Gasteiger partial charge in [0.05, 0.1) is 11.9 Å². The molecular formula is C16H26N4O3S. The molecule has 0 radical (unpaired) electrons. The van der Waals surface area contributed by atoms with Crippen LogP contribution in [0.15, 0.2) is 12.4 Å². The van der Waals surface area contributed by atoms with E-state index in [1.165, 1.54) is 0 Å². The minimum Gasteiger partial charge on any atom is -0.380 e. The molecule has 1 saturated carbocycles. The molecule has 0 unspecified atom stereocenters. The quantitative estimate of drug-likeness (QED) is 0.789. The Balaban J connectivity index is 1.65. The second-order valence-corrected chi connectivity index (χ2v) is 8.70. The summed E-state index contributed by atoms with van der Waals surface area (Å²) >= 11 is 0. The van der Waals surface area contributed by atoms with Gasteiger partial charge >= 0.3 is 0 Å². The number of aryl methyl sites for hydroxylation is 1. The second kappa shape index (κ2) is 7.33. The van der Waals surface area contributed by atoms with Crippen LogP contribution >= 0.6 is 0 Å². The second-order valence-electron chi connectivity index (χ2n) is 6.84. The minimum atomic E-state index is -3.22. The topological polar surface area (TPSA) is 84.4 Å². The summed E-state index contributed by atoms with van der Waals surface area (Å²) < 4.78 is 32.8. The summed E-state index contributed by atoms with van der Waals surface area (Å²) in [6.07, 6.45) is 5.62. The maximum absolute atomic E-state index is 12.3. The largest absolute Gasteiger partial charge is 0.380 e. The van der Waals surface area contributed by atoms with Crippen LogP contribution in [0.4, 0.5) is 5.82 Å². The molecule has 2 atom stereocenters. The van der Waals surface area contributed by atoms with Crippen LogP contribution in [-0.2, 0) is 14.8 Å². The number of nitrogens with zero attached hydrogens (tertiary/aromatic N) is 3. The number of methoxy groups -OCH3 is 1. The molecular weight excluding hydrogens is 328 g/mol. The highest BCUT2D eigenvalue weighted by Gasteiger charge is 2.34. The zero-order chi connectivity index (χ0) is 17.2. The molecule has 0 amide bonds. The molecule has 1 N–H and O–H groups in total. The fraction of sp³-hybridized carbons (Fsp3) is 0.750. The first-order chi connectivity index (χ1) is 11.5. The van der Waals surface area contributed by atoms with Crippen molar-refractivity contribution in [3.8, 4) is 0 Å². The normalized spacial score (nSPS) is 25.0. The highest BCUT2D eigenvalue weighted by Crippen LogP contribution is 2.28. The fourth-order valence-electron chi connectivity index (χ4n) is 3.37. The summed E-state index contributed by atoms with van der Waals surface area (Å²) in [5, 5.41) is 0. The van der Waals surface area contributed by atoms with Crippen LogP contribution in [0.2, 0.25) is 0 Å². The lowest BCUT2D eigenvalue weighted by Gasteiger charge is -2.27. The Kier molecular flexibility index (Phi) is 5.36. The Morgan fingerprint density at radius 3 is 2.79 bits per heavy atom. The van der Waals surface area contributed by atoms with Gasteiger partial charge in [-0.3, -0.25) is 0 Å². The maximum atomic E-state index is 12.3. The van der Waals surface area contributed by atoms with E-state index in [0.717, 1.165) is 37.2 Å². The molecule has 24 heavy (non-hydrogen) atoms.